The van der Waals surface area contributed by atoms with Crippen LogP contribution in [0.15, 0.2) is 35.5 Å². The molecule has 2 heterocycles. The zero-order chi connectivity index (χ0) is 20.1. The quantitative estimate of drug-likeness (QED) is 0.682. The highest BCUT2D eigenvalue weighted by Gasteiger charge is 2.33. The number of sulfonamides is 1. The minimum Gasteiger partial charge on any atom is -0.497 e. The summed E-state index contributed by atoms with van der Waals surface area (Å²) in [5.41, 5.74) is 0. The Morgan fingerprint density at radius 3 is 2.57 bits per heavy atom. The molecule has 1 fully saturated rings. The Labute approximate surface area is 164 Å². The summed E-state index contributed by atoms with van der Waals surface area (Å²) in [5.74, 6) is 1.33. The number of methoxy groups -OCH3 is 3. The first-order valence-corrected chi connectivity index (χ1v) is 10.2. The van der Waals surface area contributed by atoms with E-state index in [1.54, 1.807) is 12.1 Å². The van der Waals surface area contributed by atoms with E-state index in [1.807, 2.05) is 0 Å². The van der Waals surface area contributed by atoms with Crippen molar-refractivity contribution in [1.29, 1.82) is 0 Å². The van der Waals surface area contributed by atoms with Gasteiger partial charge in [-0.05, 0) is 25.0 Å². The molecule has 1 atom stereocenters. The number of benzene rings is 1. The van der Waals surface area contributed by atoms with E-state index < -0.39 is 10.0 Å². The van der Waals surface area contributed by atoms with Crippen LogP contribution in [0.25, 0.3) is 0 Å². The highest BCUT2D eigenvalue weighted by Crippen LogP contribution is 2.32. The predicted molar refractivity (Wildman–Crippen MR) is 101 cm³/mol. The lowest BCUT2D eigenvalue weighted by atomic mass is 10.1. The van der Waals surface area contributed by atoms with Crippen LogP contribution in [0.5, 0.6) is 23.3 Å². The van der Waals surface area contributed by atoms with Crippen molar-refractivity contribution in [2.75, 3.05) is 34.4 Å². The van der Waals surface area contributed by atoms with E-state index in [0.717, 1.165) is 0 Å². The van der Waals surface area contributed by atoms with Gasteiger partial charge < -0.3 is 18.9 Å². The Hall–Kier alpha value is -2.59. The third-order valence-corrected chi connectivity index (χ3v) is 6.30. The Morgan fingerprint density at radius 2 is 1.86 bits per heavy atom. The van der Waals surface area contributed by atoms with E-state index in [2.05, 4.69) is 9.97 Å². The first-order valence-electron chi connectivity index (χ1n) is 8.72. The maximum atomic E-state index is 13.2. The molecule has 0 amide bonds. The molecular weight excluding hydrogens is 386 g/mol. The van der Waals surface area contributed by atoms with E-state index in [9.17, 15) is 8.42 Å². The average molecular weight is 409 g/mol. The van der Waals surface area contributed by atoms with Crippen LogP contribution in [-0.2, 0) is 10.0 Å². The zero-order valence-electron chi connectivity index (χ0n) is 16.0. The largest absolute Gasteiger partial charge is 0.497 e. The maximum absolute atomic E-state index is 13.2. The molecule has 28 heavy (non-hydrogen) atoms. The minimum absolute atomic E-state index is 0.0659. The summed E-state index contributed by atoms with van der Waals surface area (Å²) in [6.07, 6.45) is 3.97. The van der Waals surface area contributed by atoms with E-state index in [0.29, 0.717) is 36.9 Å². The highest BCUT2D eigenvalue weighted by atomic mass is 32.2. The molecule has 1 aromatic carbocycles. The summed E-state index contributed by atoms with van der Waals surface area (Å²) in [6, 6.07) is 4.70. The van der Waals surface area contributed by atoms with Crippen molar-refractivity contribution in [1.82, 2.24) is 14.3 Å². The number of piperidine rings is 1. The zero-order valence-corrected chi connectivity index (χ0v) is 16.8. The van der Waals surface area contributed by atoms with Gasteiger partial charge in [0.05, 0.1) is 40.3 Å². The van der Waals surface area contributed by atoms with Gasteiger partial charge in [-0.15, -0.1) is 0 Å². The predicted octanol–water partition coefficient (Wildman–Crippen LogP) is 1.73. The van der Waals surface area contributed by atoms with Crippen molar-refractivity contribution in [3.63, 3.8) is 0 Å². The van der Waals surface area contributed by atoms with Crippen molar-refractivity contribution >= 4 is 10.0 Å². The Balaban J connectivity index is 1.81. The van der Waals surface area contributed by atoms with E-state index in [1.165, 1.54) is 44.1 Å². The second-order valence-electron chi connectivity index (χ2n) is 6.16. The molecule has 1 unspecified atom stereocenters. The summed E-state index contributed by atoms with van der Waals surface area (Å²) >= 11 is 0. The molecule has 152 valence electrons. The van der Waals surface area contributed by atoms with Gasteiger partial charge in [0.2, 0.25) is 21.8 Å². The lowest BCUT2D eigenvalue weighted by Gasteiger charge is -2.32. The summed E-state index contributed by atoms with van der Waals surface area (Å²) in [6.45, 7) is 0.591. The van der Waals surface area contributed by atoms with Crippen LogP contribution in [0.4, 0.5) is 0 Å². The molecule has 0 N–H and O–H groups in total. The molecule has 1 aliphatic heterocycles. The number of ether oxygens (including phenoxy) is 4. The molecule has 0 saturated carbocycles. The molecule has 1 aliphatic rings. The van der Waals surface area contributed by atoms with E-state index in [4.69, 9.17) is 18.9 Å². The smallest absolute Gasteiger partial charge is 0.247 e. The summed E-state index contributed by atoms with van der Waals surface area (Å²) in [4.78, 5) is 8.24. The van der Waals surface area contributed by atoms with Crippen LogP contribution in [0.1, 0.15) is 12.8 Å². The second kappa shape index (κ2) is 8.61. The Morgan fingerprint density at radius 1 is 1.07 bits per heavy atom. The number of hydrogen-bond acceptors (Lipinski definition) is 8. The molecule has 0 spiro atoms. The van der Waals surface area contributed by atoms with Gasteiger partial charge in [0.1, 0.15) is 22.5 Å². The fourth-order valence-electron chi connectivity index (χ4n) is 3.00. The van der Waals surface area contributed by atoms with Gasteiger partial charge in [0.25, 0.3) is 0 Å². The van der Waals surface area contributed by atoms with Gasteiger partial charge in [-0.2, -0.15) is 9.29 Å². The van der Waals surface area contributed by atoms with Crippen LogP contribution in [0.3, 0.4) is 0 Å². The molecule has 10 heteroatoms. The van der Waals surface area contributed by atoms with E-state index in [-0.39, 0.29) is 23.3 Å². The fourth-order valence-corrected chi connectivity index (χ4v) is 4.68. The lowest BCUT2D eigenvalue weighted by Crippen LogP contribution is -2.44. The number of rotatable bonds is 7. The molecule has 1 saturated heterocycles. The monoisotopic (exact) mass is 409 g/mol. The van der Waals surface area contributed by atoms with Crippen molar-refractivity contribution in [2.24, 2.45) is 0 Å². The molecule has 3 rings (SSSR count). The van der Waals surface area contributed by atoms with Gasteiger partial charge in [-0.1, -0.05) is 0 Å². The molecule has 9 nitrogen and oxygen atoms in total. The highest BCUT2D eigenvalue weighted by molar-refractivity contribution is 7.89. The van der Waals surface area contributed by atoms with Gasteiger partial charge >= 0.3 is 0 Å². The molecular formula is C18H23N3O6S. The fraction of sp³-hybridized carbons (Fsp3) is 0.444. The summed E-state index contributed by atoms with van der Waals surface area (Å²) < 4.78 is 49.1. The maximum Gasteiger partial charge on any atom is 0.247 e. The number of nitrogens with zero attached hydrogens (tertiary/aromatic N) is 3. The third kappa shape index (κ3) is 4.28. The van der Waals surface area contributed by atoms with Gasteiger partial charge in [-0.25, -0.2) is 8.42 Å². The van der Waals surface area contributed by atoms with Gasteiger partial charge in [-0.3, -0.25) is 4.98 Å². The SMILES string of the molecule is COc1ccc(OC)c(S(=O)(=O)N2CCCC(Oc3cncc(OC)n3)C2)c1. The van der Waals surface area contributed by atoms with Crippen molar-refractivity contribution < 1.29 is 27.4 Å². The van der Waals surface area contributed by atoms with Crippen LogP contribution >= 0.6 is 0 Å². The normalized spacial score (nSPS) is 17.8. The Bertz CT molecular complexity index is 921. The molecule has 1 aromatic heterocycles. The second-order valence-corrected chi connectivity index (χ2v) is 8.07. The summed E-state index contributed by atoms with van der Waals surface area (Å²) in [7, 11) is 0.622. The van der Waals surface area contributed by atoms with Gasteiger partial charge in [0.15, 0.2) is 0 Å². The third-order valence-electron chi connectivity index (χ3n) is 4.42. The summed E-state index contributed by atoms with van der Waals surface area (Å²) in [5, 5.41) is 0. The first kappa shape index (κ1) is 20.2. The Kier molecular flexibility index (Phi) is 6.20. The standard InChI is InChI=1S/C18H23N3O6S/c1-24-13-6-7-15(25-2)16(9-13)28(22,23)21-8-4-5-14(12-21)27-18-11-19-10-17(20-18)26-3/h6-7,9-11,14H,4-5,8,12H2,1-3H3. The van der Waals surface area contributed by atoms with Crippen LogP contribution in [0.2, 0.25) is 0 Å². The van der Waals surface area contributed by atoms with Crippen molar-refractivity contribution in [2.45, 2.75) is 23.8 Å². The van der Waals surface area contributed by atoms with Crippen molar-refractivity contribution in [3.8, 4) is 23.3 Å². The minimum atomic E-state index is -3.79. The van der Waals surface area contributed by atoms with E-state index >= 15 is 0 Å². The molecule has 0 aliphatic carbocycles. The van der Waals surface area contributed by atoms with Gasteiger partial charge in [0, 0.05) is 12.6 Å². The topological polar surface area (TPSA) is 100 Å². The molecule has 0 bridgehead atoms. The molecule has 2 aromatic rings. The molecule has 0 radical (unpaired) electrons. The number of hydrogen-bond donors (Lipinski definition) is 0. The van der Waals surface area contributed by atoms with Crippen LogP contribution in [-0.4, -0.2) is 63.2 Å². The van der Waals surface area contributed by atoms with Crippen molar-refractivity contribution in [3.05, 3.63) is 30.6 Å². The number of aromatic nitrogens is 2. The average Bonchev–Trinajstić information content (AvgIpc) is 2.73. The van der Waals surface area contributed by atoms with Crippen LogP contribution in [0, 0.1) is 0 Å². The van der Waals surface area contributed by atoms with Crippen LogP contribution < -0.4 is 18.9 Å². The lowest BCUT2D eigenvalue weighted by molar-refractivity contribution is 0.123. The first-order chi connectivity index (χ1) is 13.5.